The number of rotatable bonds is 7. The molecule has 9 rings (SSSR count). The van der Waals surface area contributed by atoms with E-state index in [9.17, 15) is 9.22 Å². The van der Waals surface area contributed by atoms with Crippen LogP contribution in [0.25, 0.3) is 83.9 Å². The first kappa shape index (κ1) is 44.2. The van der Waals surface area contributed by atoms with E-state index in [0.717, 1.165) is 78.0 Å². The molecule has 0 aliphatic rings. The summed E-state index contributed by atoms with van der Waals surface area (Å²) >= 11 is 0. The maximum Gasteiger partial charge on any atom is 0.149 e. The molecule has 1 N–H and O–H groups in total. The molecule has 4 heteroatoms. The first-order valence-corrected chi connectivity index (χ1v) is 24.6. The van der Waals surface area contributed by atoms with Crippen molar-refractivity contribution < 1.29 is 9.22 Å². The van der Waals surface area contributed by atoms with Crippen LogP contribution in [0.2, 0.25) is 0 Å². The van der Waals surface area contributed by atoms with Crippen LogP contribution >= 0.6 is 0 Å². The van der Waals surface area contributed by atoms with E-state index in [1.54, 1.807) is 0 Å². The third-order valence-electron chi connectivity index (χ3n) is 13.7. The molecule has 2 aromatic heterocycles. The van der Waals surface area contributed by atoms with Crippen molar-refractivity contribution in [1.82, 2.24) is 14.5 Å². The summed E-state index contributed by atoms with van der Waals surface area (Å²) in [5, 5.41) is 12.4. The number of imidazole rings is 1. The highest BCUT2D eigenvalue weighted by Gasteiger charge is 2.28. The summed E-state index contributed by atoms with van der Waals surface area (Å²) in [7, 11) is 0. The number of nitrogens with zero attached hydrogens (tertiary/aromatic N) is 3. The standard InChI is InChI=1S/C66H69N3O/c1-41-34-53(61(70)55(35-41)66(12,13)14)62-68-60-52(47-37-48(39-50(38-47)64(6,7)8)56-40-45(32-33-67-56)43-26-29-49(30-27-43)63(3,4)5)23-19-25-58(60)69(62)57-31-28-46(36-42(57)2)59-51(44-20-16-15-17-21-44)22-18-24-54(59)65(9,10)11/h15-40,70H,1-14H3/i2D3. The van der Waals surface area contributed by atoms with E-state index in [1.807, 2.05) is 72.3 Å². The normalized spacial score (nSPS) is 13.3. The summed E-state index contributed by atoms with van der Waals surface area (Å²) in [6.45, 7) is 25.7. The summed E-state index contributed by atoms with van der Waals surface area (Å²) in [5.74, 6) is 0.567. The van der Waals surface area contributed by atoms with Crippen LogP contribution in [0, 0.1) is 13.8 Å². The molecule has 0 saturated carbocycles. The molecular weight excluding hydrogens is 851 g/mol. The zero-order chi connectivity index (χ0) is 52.6. The van der Waals surface area contributed by atoms with Crippen LogP contribution in [0.15, 0.2) is 158 Å². The largest absolute Gasteiger partial charge is 0.507 e. The lowest BCUT2D eigenvalue weighted by Gasteiger charge is -2.26. The van der Waals surface area contributed by atoms with Crippen molar-refractivity contribution in [2.45, 2.75) is 119 Å². The van der Waals surface area contributed by atoms with Crippen LogP contribution in [-0.4, -0.2) is 19.6 Å². The summed E-state index contributed by atoms with van der Waals surface area (Å²) in [6.07, 6.45) is 1.89. The Balaban J connectivity index is 1.31. The molecule has 0 saturated heterocycles. The molecule has 0 spiro atoms. The Bertz CT molecular complexity index is 3540. The molecule has 0 radical (unpaired) electrons. The highest BCUT2D eigenvalue weighted by molar-refractivity contribution is 5.97. The number of aromatic nitrogens is 3. The van der Waals surface area contributed by atoms with Gasteiger partial charge in [0.15, 0.2) is 0 Å². The van der Waals surface area contributed by atoms with Crippen molar-refractivity contribution in [1.29, 1.82) is 0 Å². The lowest BCUT2D eigenvalue weighted by molar-refractivity contribution is 0.448. The predicted molar refractivity (Wildman–Crippen MR) is 297 cm³/mol. The molecule has 0 unspecified atom stereocenters. The molecule has 9 aromatic rings. The fourth-order valence-corrected chi connectivity index (χ4v) is 9.81. The Hall–Kier alpha value is -7.04. The Kier molecular flexibility index (Phi) is 11.2. The molecule has 0 fully saturated rings. The molecule has 0 amide bonds. The number of aryl methyl sites for hydroxylation is 2. The molecule has 0 aliphatic heterocycles. The van der Waals surface area contributed by atoms with Crippen molar-refractivity contribution in [2.24, 2.45) is 0 Å². The van der Waals surface area contributed by atoms with E-state index in [-0.39, 0.29) is 27.6 Å². The minimum absolute atomic E-state index is 0.0510. The fraction of sp³-hybridized carbons (Fsp3) is 0.273. The molecule has 354 valence electrons. The lowest BCUT2D eigenvalue weighted by atomic mass is 9.78. The second kappa shape index (κ2) is 17.7. The van der Waals surface area contributed by atoms with Gasteiger partial charge in [-0.15, -0.1) is 0 Å². The van der Waals surface area contributed by atoms with Crippen molar-refractivity contribution in [3.05, 3.63) is 191 Å². The average Bonchev–Trinajstić information content (AvgIpc) is 3.72. The summed E-state index contributed by atoms with van der Waals surface area (Å²) in [4.78, 5) is 10.5. The van der Waals surface area contributed by atoms with Crippen LogP contribution in [0.1, 0.15) is 121 Å². The third kappa shape index (κ3) is 9.25. The van der Waals surface area contributed by atoms with E-state index in [2.05, 4.69) is 180 Å². The minimum Gasteiger partial charge on any atom is -0.507 e. The van der Waals surface area contributed by atoms with Gasteiger partial charge in [0.1, 0.15) is 11.6 Å². The molecule has 7 aromatic carbocycles. The fourth-order valence-electron chi connectivity index (χ4n) is 9.81. The highest BCUT2D eigenvalue weighted by atomic mass is 16.3. The van der Waals surface area contributed by atoms with Gasteiger partial charge in [-0.3, -0.25) is 9.55 Å². The van der Waals surface area contributed by atoms with E-state index < -0.39 is 12.3 Å². The summed E-state index contributed by atoms with van der Waals surface area (Å²) < 4.78 is 29.7. The second-order valence-corrected chi connectivity index (χ2v) is 23.3. The quantitative estimate of drug-likeness (QED) is 0.173. The molecule has 4 nitrogen and oxygen atoms in total. The average molecular weight is 923 g/mol. The number of aromatic hydroxyl groups is 1. The van der Waals surface area contributed by atoms with Gasteiger partial charge in [-0.2, -0.15) is 0 Å². The number of phenols is 1. The van der Waals surface area contributed by atoms with Gasteiger partial charge in [-0.25, -0.2) is 4.98 Å². The number of para-hydroxylation sites is 1. The topological polar surface area (TPSA) is 50.9 Å². The molecule has 0 aliphatic carbocycles. The van der Waals surface area contributed by atoms with Crippen LogP contribution in [0.5, 0.6) is 5.75 Å². The summed E-state index contributed by atoms with van der Waals surface area (Å²) in [5.41, 5.74) is 16.8. The smallest absolute Gasteiger partial charge is 0.149 e. The number of fused-ring (bicyclic) bond motifs is 1. The van der Waals surface area contributed by atoms with Crippen LogP contribution in [0.3, 0.4) is 0 Å². The van der Waals surface area contributed by atoms with E-state index >= 15 is 0 Å². The molecule has 2 heterocycles. The maximum absolute atomic E-state index is 12.4. The third-order valence-corrected chi connectivity index (χ3v) is 13.7. The molecule has 70 heavy (non-hydrogen) atoms. The van der Waals surface area contributed by atoms with E-state index in [1.165, 1.54) is 5.56 Å². The first-order chi connectivity index (χ1) is 34.2. The molecule has 0 atom stereocenters. The number of hydrogen-bond acceptors (Lipinski definition) is 3. The number of phenolic OH excluding ortho intramolecular Hbond substituents is 1. The van der Waals surface area contributed by atoms with Gasteiger partial charge >= 0.3 is 0 Å². The van der Waals surface area contributed by atoms with Gasteiger partial charge in [0.25, 0.3) is 0 Å². The lowest BCUT2D eigenvalue weighted by Crippen LogP contribution is -2.13. The van der Waals surface area contributed by atoms with Gasteiger partial charge in [0.05, 0.1) is 28.0 Å². The first-order valence-electron chi connectivity index (χ1n) is 26.1. The Morgan fingerprint density at radius 2 is 1.14 bits per heavy atom. The molecular formula is C66H69N3O. The predicted octanol–water partition coefficient (Wildman–Crippen LogP) is 17.9. The van der Waals surface area contributed by atoms with Crippen LogP contribution in [0.4, 0.5) is 0 Å². The number of hydrogen-bond donors (Lipinski definition) is 1. The maximum atomic E-state index is 12.4. The van der Waals surface area contributed by atoms with Crippen LogP contribution < -0.4 is 0 Å². The number of benzene rings is 7. The van der Waals surface area contributed by atoms with Crippen molar-refractivity contribution in [3.63, 3.8) is 0 Å². The molecule has 0 bridgehead atoms. The van der Waals surface area contributed by atoms with Gasteiger partial charge < -0.3 is 5.11 Å². The van der Waals surface area contributed by atoms with Crippen molar-refractivity contribution in [3.8, 4) is 78.6 Å². The van der Waals surface area contributed by atoms with E-state index in [4.69, 9.17) is 9.97 Å². The van der Waals surface area contributed by atoms with Gasteiger partial charge in [-0.1, -0.05) is 186 Å². The summed E-state index contributed by atoms with van der Waals surface area (Å²) in [6, 6.07) is 52.3. The zero-order valence-corrected chi connectivity index (χ0v) is 43.3. The number of pyridine rings is 1. The van der Waals surface area contributed by atoms with Crippen molar-refractivity contribution in [2.75, 3.05) is 0 Å². The van der Waals surface area contributed by atoms with Gasteiger partial charge in [0.2, 0.25) is 0 Å². The SMILES string of the molecule is [2H]C([2H])([2H])c1cc(-c2c(-c3ccccc3)cccc2C(C)(C)C)ccc1-n1c(-c2cc(C)cc(C(C)(C)C)c2O)nc2c(-c3cc(-c4cc(-c5ccc(C(C)(C)C)cc5)ccn4)cc(C(C)(C)C)c3)cccc21. The Morgan fingerprint density at radius 1 is 0.486 bits per heavy atom. The Labute approximate surface area is 421 Å². The van der Waals surface area contributed by atoms with Crippen LogP contribution in [-0.2, 0) is 21.7 Å². The second-order valence-electron chi connectivity index (χ2n) is 23.3. The Morgan fingerprint density at radius 3 is 1.81 bits per heavy atom. The van der Waals surface area contributed by atoms with Gasteiger partial charge in [0, 0.05) is 27.0 Å². The minimum atomic E-state index is -2.54. The van der Waals surface area contributed by atoms with Gasteiger partial charge in [-0.05, 0) is 151 Å². The monoisotopic (exact) mass is 923 g/mol. The van der Waals surface area contributed by atoms with Crippen molar-refractivity contribution >= 4 is 11.0 Å². The zero-order valence-electron chi connectivity index (χ0n) is 46.3. The van der Waals surface area contributed by atoms with E-state index in [0.29, 0.717) is 28.1 Å². The highest BCUT2D eigenvalue weighted by Crippen LogP contribution is 2.46.